The van der Waals surface area contributed by atoms with Gasteiger partial charge in [-0.05, 0) is 85.4 Å². The highest BCUT2D eigenvalue weighted by molar-refractivity contribution is 6.30. The van der Waals surface area contributed by atoms with Gasteiger partial charge in [0.15, 0.2) is 0 Å². The van der Waals surface area contributed by atoms with Crippen LogP contribution in [0.15, 0.2) is 60.7 Å². The number of hydrogen-bond donors (Lipinski definition) is 0. The second-order valence-electron chi connectivity index (χ2n) is 6.84. The average molecular weight is 349 g/mol. The molecule has 0 N–H and O–H groups in total. The molecule has 2 aromatic carbocycles. The fourth-order valence-corrected chi connectivity index (χ4v) is 3.64. The standard InChI is InChI=1S/C24H25Cl/c1-2-19-7-13-22(14-8-19)23-15-9-20(10-16-23)5-3-4-6-21-11-17-24(25)18-12-21/h3,5,7-8,11-14,17-18,20,23H,2,9-10,15-16H2,1H3/t20-,23-. The Hall–Kier alpha value is -1.97. The minimum atomic E-state index is 0.672. The molecule has 0 atom stereocenters. The topological polar surface area (TPSA) is 0 Å². The first-order valence-corrected chi connectivity index (χ1v) is 9.65. The van der Waals surface area contributed by atoms with Gasteiger partial charge in [0.2, 0.25) is 0 Å². The first-order valence-electron chi connectivity index (χ1n) is 9.27. The Morgan fingerprint density at radius 3 is 2.28 bits per heavy atom. The van der Waals surface area contributed by atoms with Crippen molar-refractivity contribution in [3.05, 3.63) is 82.4 Å². The van der Waals surface area contributed by atoms with Gasteiger partial charge in [-0.3, -0.25) is 0 Å². The van der Waals surface area contributed by atoms with Crippen molar-refractivity contribution < 1.29 is 0 Å². The van der Waals surface area contributed by atoms with Gasteiger partial charge in [-0.1, -0.05) is 60.7 Å². The summed E-state index contributed by atoms with van der Waals surface area (Å²) >= 11 is 5.88. The molecule has 0 heterocycles. The molecule has 1 aliphatic carbocycles. The van der Waals surface area contributed by atoms with Crippen molar-refractivity contribution in [2.75, 3.05) is 0 Å². The number of aryl methyl sites for hydroxylation is 1. The van der Waals surface area contributed by atoms with Crippen LogP contribution in [0.3, 0.4) is 0 Å². The molecule has 1 aliphatic rings. The van der Waals surface area contributed by atoms with E-state index in [4.69, 9.17) is 11.6 Å². The number of allylic oxidation sites excluding steroid dienone is 2. The Morgan fingerprint density at radius 2 is 1.64 bits per heavy atom. The van der Waals surface area contributed by atoms with E-state index in [1.807, 2.05) is 30.3 Å². The first-order chi connectivity index (χ1) is 12.2. The third-order valence-corrected chi connectivity index (χ3v) is 5.40. The summed E-state index contributed by atoms with van der Waals surface area (Å²) in [5.41, 5.74) is 3.95. The molecule has 0 spiro atoms. The summed E-state index contributed by atoms with van der Waals surface area (Å²) in [4.78, 5) is 0. The first kappa shape index (κ1) is 17.8. The molecule has 0 bridgehead atoms. The molecule has 128 valence electrons. The second-order valence-corrected chi connectivity index (χ2v) is 7.28. The second kappa shape index (κ2) is 8.93. The molecular formula is C24H25Cl. The number of benzene rings is 2. The lowest BCUT2D eigenvalue weighted by atomic mass is 9.78. The maximum atomic E-state index is 5.88. The van der Waals surface area contributed by atoms with Gasteiger partial charge in [0.1, 0.15) is 0 Å². The van der Waals surface area contributed by atoms with Gasteiger partial charge < -0.3 is 0 Å². The molecule has 1 fully saturated rings. The molecule has 0 radical (unpaired) electrons. The Kier molecular flexibility index (Phi) is 6.37. The van der Waals surface area contributed by atoms with Gasteiger partial charge in [-0.2, -0.15) is 0 Å². The molecule has 0 saturated heterocycles. The van der Waals surface area contributed by atoms with Crippen molar-refractivity contribution in [3.8, 4) is 11.8 Å². The lowest BCUT2D eigenvalue weighted by molar-refractivity contribution is 0.376. The SMILES string of the molecule is CCc1ccc([C@H]2CC[C@H](C=CC#Cc3ccc(Cl)cc3)CC2)cc1. The highest BCUT2D eigenvalue weighted by atomic mass is 35.5. The van der Waals surface area contributed by atoms with E-state index in [1.54, 1.807) is 0 Å². The fourth-order valence-electron chi connectivity index (χ4n) is 3.51. The minimum Gasteiger partial charge on any atom is -0.0843 e. The lowest BCUT2D eigenvalue weighted by Gasteiger charge is -2.27. The third kappa shape index (κ3) is 5.25. The predicted octanol–water partition coefficient (Wildman–Crippen LogP) is 6.78. The van der Waals surface area contributed by atoms with E-state index in [1.165, 1.54) is 36.8 Å². The lowest BCUT2D eigenvalue weighted by Crippen LogP contribution is -2.11. The highest BCUT2D eigenvalue weighted by Gasteiger charge is 2.20. The summed E-state index contributed by atoms with van der Waals surface area (Å²) in [5, 5.41) is 0.752. The number of halogens is 1. The van der Waals surface area contributed by atoms with Crippen LogP contribution >= 0.6 is 11.6 Å². The largest absolute Gasteiger partial charge is 0.0843 e. The molecule has 3 rings (SSSR count). The molecule has 0 amide bonds. The van der Waals surface area contributed by atoms with Crippen molar-refractivity contribution in [1.29, 1.82) is 0 Å². The fraction of sp³-hybridized carbons (Fsp3) is 0.333. The van der Waals surface area contributed by atoms with Gasteiger partial charge in [-0.25, -0.2) is 0 Å². The molecule has 0 aliphatic heterocycles. The van der Waals surface area contributed by atoms with Crippen molar-refractivity contribution in [2.24, 2.45) is 5.92 Å². The summed E-state index contributed by atoms with van der Waals surface area (Å²) in [6.07, 6.45) is 10.5. The summed E-state index contributed by atoms with van der Waals surface area (Å²) < 4.78 is 0. The smallest absolute Gasteiger partial charge is 0.0406 e. The van der Waals surface area contributed by atoms with Crippen LogP contribution in [0.2, 0.25) is 5.02 Å². The number of hydrogen-bond acceptors (Lipinski definition) is 0. The molecule has 25 heavy (non-hydrogen) atoms. The summed E-state index contributed by atoms with van der Waals surface area (Å²) in [7, 11) is 0. The van der Waals surface area contributed by atoms with Crippen LogP contribution in [-0.2, 0) is 6.42 Å². The number of rotatable bonds is 3. The predicted molar refractivity (Wildman–Crippen MR) is 108 cm³/mol. The van der Waals surface area contributed by atoms with Crippen LogP contribution < -0.4 is 0 Å². The Bertz CT molecular complexity index is 748. The molecular weight excluding hydrogens is 324 g/mol. The summed E-state index contributed by atoms with van der Waals surface area (Å²) in [6.45, 7) is 2.21. The zero-order valence-corrected chi connectivity index (χ0v) is 15.6. The van der Waals surface area contributed by atoms with Crippen molar-refractivity contribution in [3.63, 3.8) is 0 Å². The van der Waals surface area contributed by atoms with E-state index in [0.717, 1.165) is 22.9 Å². The van der Waals surface area contributed by atoms with Crippen LogP contribution in [0.25, 0.3) is 0 Å². The van der Waals surface area contributed by atoms with Crippen LogP contribution in [0.5, 0.6) is 0 Å². The maximum absolute atomic E-state index is 5.88. The monoisotopic (exact) mass is 348 g/mol. The van der Waals surface area contributed by atoms with Gasteiger partial charge in [-0.15, -0.1) is 0 Å². The van der Waals surface area contributed by atoms with Crippen LogP contribution in [0.4, 0.5) is 0 Å². The van der Waals surface area contributed by atoms with Crippen LogP contribution in [-0.4, -0.2) is 0 Å². The van der Waals surface area contributed by atoms with Crippen LogP contribution in [0, 0.1) is 17.8 Å². The molecule has 0 aromatic heterocycles. The molecule has 1 heteroatoms. The van der Waals surface area contributed by atoms with Crippen molar-refractivity contribution >= 4 is 11.6 Å². The van der Waals surface area contributed by atoms with E-state index < -0.39 is 0 Å². The minimum absolute atomic E-state index is 0.672. The van der Waals surface area contributed by atoms with Crippen molar-refractivity contribution in [1.82, 2.24) is 0 Å². The van der Waals surface area contributed by atoms with Gasteiger partial charge in [0, 0.05) is 10.6 Å². The molecule has 0 nitrogen and oxygen atoms in total. The Labute approximate surface area is 156 Å². The summed E-state index contributed by atoms with van der Waals surface area (Å²) in [6, 6.07) is 16.9. The normalized spacial score (nSPS) is 20.2. The Morgan fingerprint density at radius 1 is 0.960 bits per heavy atom. The third-order valence-electron chi connectivity index (χ3n) is 5.14. The van der Waals surface area contributed by atoms with Gasteiger partial charge >= 0.3 is 0 Å². The Balaban J connectivity index is 1.49. The van der Waals surface area contributed by atoms with Crippen LogP contribution in [0.1, 0.15) is 55.2 Å². The van der Waals surface area contributed by atoms with Crippen molar-refractivity contribution in [2.45, 2.75) is 44.9 Å². The van der Waals surface area contributed by atoms with Gasteiger partial charge in [0.05, 0.1) is 0 Å². The quantitative estimate of drug-likeness (QED) is 0.536. The van der Waals surface area contributed by atoms with E-state index in [-0.39, 0.29) is 0 Å². The molecule has 0 unspecified atom stereocenters. The van der Waals surface area contributed by atoms with E-state index in [9.17, 15) is 0 Å². The van der Waals surface area contributed by atoms with E-state index in [0.29, 0.717) is 5.92 Å². The molecule has 1 saturated carbocycles. The molecule has 2 aromatic rings. The van der Waals surface area contributed by atoms with E-state index in [2.05, 4.69) is 49.1 Å². The summed E-state index contributed by atoms with van der Waals surface area (Å²) in [5.74, 6) is 7.72. The maximum Gasteiger partial charge on any atom is 0.0406 e. The zero-order chi connectivity index (χ0) is 17.5. The van der Waals surface area contributed by atoms with E-state index >= 15 is 0 Å². The highest BCUT2D eigenvalue weighted by Crippen LogP contribution is 2.36. The zero-order valence-electron chi connectivity index (χ0n) is 14.8. The van der Waals surface area contributed by atoms with Gasteiger partial charge in [0.25, 0.3) is 0 Å². The average Bonchev–Trinajstić information content (AvgIpc) is 2.67.